The molecule has 0 saturated carbocycles. The van der Waals surface area contributed by atoms with E-state index in [2.05, 4.69) is 21.1 Å². The van der Waals surface area contributed by atoms with Crippen LogP contribution in [0, 0.1) is 0 Å². The molecular weight excluding hydrogens is 494 g/mol. The zero-order valence-corrected chi connectivity index (χ0v) is 22.8. The van der Waals surface area contributed by atoms with Gasteiger partial charge in [-0.25, -0.2) is 9.59 Å². The lowest BCUT2D eigenvalue weighted by atomic mass is 10.0. The number of carbonyl (C=O) groups excluding carboxylic acids is 1. The third-order valence-electron chi connectivity index (χ3n) is 7.19. The van der Waals surface area contributed by atoms with Crippen LogP contribution in [0.4, 0.5) is 4.79 Å². The summed E-state index contributed by atoms with van der Waals surface area (Å²) in [5, 5.41) is 5.11. The minimum Gasteiger partial charge on any atom is -0.444 e. The molecule has 10 heteroatoms. The van der Waals surface area contributed by atoms with E-state index >= 15 is 0 Å². The highest BCUT2D eigenvalue weighted by atomic mass is 16.6. The number of nitrogens with zero attached hydrogens (tertiary/aromatic N) is 7. The van der Waals surface area contributed by atoms with Gasteiger partial charge in [0.1, 0.15) is 5.60 Å². The molecule has 1 aliphatic heterocycles. The van der Waals surface area contributed by atoms with Gasteiger partial charge in [0.15, 0.2) is 0 Å². The molecule has 0 unspecified atom stereocenters. The van der Waals surface area contributed by atoms with Crippen molar-refractivity contribution in [2.75, 3.05) is 13.1 Å². The van der Waals surface area contributed by atoms with Crippen molar-refractivity contribution in [2.45, 2.75) is 38.8 Å². The Labute approximate surface area is 225 Å². The Morgan fingerprint density at radius 2 is 1.79 bits per heavy atom. The number of benzene rings is 1. The van der Waals surface area contributed by atoms with Crippen molar-refractivity contribution in [1.29, 1.82) is 0 Å². The predicted octanol–water partition coefficient (Wildman–Crippen LogP) is 4.53. The van der Waals surface area contributed by atoms with Crippen molar-refractivity contribution in [1.82, 2.24) is 33.8 Å². The summed E-state index contributed by atoms with van der Waals surface area (Å²) in [5.41, 5.74) is 5.43. The molecule has 1 aliphatic rings. The van der Waals surface area contributed by atoms with Crippen LogP contribution >= 0.6 is 0 Å². The molecule has 0 bridgehead atoms. The van der Waals surface area contributed by atoms with Gasteiger partial charge in [-0.2, -0.15) is 5.10 Å². The van der Waals surface area contributed by atoms with Gasteiger partial charge in [-0.3, -0.25) is 23.8 Å². The molecule has 1 atom stereocenters. The third-order valence-corrected chi connectivity index (χ3v) is 7.19. The molecule has 1 aromatic carbocycles. The number of likely N-dealkylation sites (tertiary alicyclic amines) is 1. The van der Waals surface area contributed by atoms with Gasteiger partial charge < -0.3 is 9.64 Å². The Balaban J connectivity index is 1.40. The van der Waals surface area contributed by atoms with Crippen LogP contribution in [0.2, 0.25) is 0 Å². The van der Waals surface area contributed by atoms with Crippen molar-refractivity contribution >= 4 is 28.0 Å². The minimum atomic E-state index is -0.575. The monoisotopic (exact) mass is 525 g/mol. The fourth-order valence-electron chi connectivity index (χ4n) is 5.28. The quantitative estimate of drug-likeness (QED) is 0.343. The van der Waals surface area contributed by atoms with Crippen LogP contribution in [0.5, 0.6) is 0 Å². The first-order valence-corrected chi connectivity index (χ1v) is 13.0. The second-order valence-electron chi connectivity index (χ2n) is 11.1. The molecule has 200 valence electrons. The molecule has 6 rings (SSSR count). The van der Waals surface area contributed by atoms with E-state index in [-0.39, 0.29) is 17.8 Å². The van der Waals surface area contributed by atoms with Crippen LogP contribution in [0.15, 0.2) is 59.9 Å². The van der Waals surface area contributed by atoms with Crippen molar-refractivity contribution in [2.24, 2.45) is 14.1 Å². The number of rotatable bonds is 3. The standard InChI is InChI=1S/C29H31N7O3/c1-29(2,3)39-28(38)35-11-10-21(17-35)36-26-22-12-18(6-9-24(22)31-15-25(26)34(5)27(36)37)19-7-8-23(30-13-19)20-14-32-33(4)16-20/h6-9,12-16,21H,10-11,17H2,1-5H3/t21-/m1/s1. The highest BCUT2D eigenvalue weighted by Gasteiger charge is 2.33. The van der Waals surface area contributed by atoms with Crippen LogP contribution in [-0.4, -0.2) is 58.6 Å². The first kappa shape index (κ1) is 24.8. The van der Waals surface area contributed by atoms with Gasteiger partial charge >= 0.3 is 11.8 Å². The molecule has 1 amide bonds. The van der Waals surface area contributed by atoms with Crippen molar-refractivity contribution in [3.63, 3.8) is 0 Å². The SMILES string of the molecule is Cn1cc(-c2ccc(-c3ccc4ncc5c(c4c3)n([C@@H]3CCN(C(=O)OC(C)(C)C)C3)c(=O)n5C)cn2)cn1. The van der Waals surface area contributed by atoms with Gasteiger partial charge in [-0.1, -0.05) is 12.1 Å². The molecule has 1 saturated heterocycles. The highest BCUT2D eigenvalue weighted by molar-refractivity contribution is 6.04. The van der Waals surface area contributed by atoms with Gasteiger partial charge in [-0.15, -0.1) is 0 Å². The lowest BCUT2D eigenvalue weighted by molar-refractivity contribution is 0.0289. The maximum atomic E-state index is 13.5. The van der Waals surface area contributed by atoms with E-state index in [0.717, 1.165) is 44.3 Å². The summed E-state index contributed by atoms with van der Waals surface area (Å²) in [6, 6.07) is 9.93. The fraction of sp³-hybridized carbons (Fsp3) is 0.345. The number of hydrogen-bond acceptors (Lipinski definition) is 6. The zero-order chi connectivity index (χ0) is 27.5. The zero-order valence-electron chi connectivity index (χ0n) is 22.8. The number of carbonyl (C=O) groups is 1. The lowest BCUT2D eigenvalue weighted by Gasteiger charge is -2.24. The minimum absolute atomic E-state index is 0.122. The molecule has 39 heavy (non-hydrogen) atoms. The number of fused-ring (bicyclic) bond motifs is 3. The topological polar surface area (TPSA) is 100 Å². The summed E-state index contributed by atoms with van der Waals surface area (Å²) in [6.45, 7) is 6.51. The van der Waals surface area contributed by atoms with Crippen LogP contribution in [0.1, 0.15) is 33.2 Å². The lowest BCUT2D eigenvalue weighted by Crippen LogP contribution is -2.36. The Morgan fingerprint density at radius 3 is 2.49 bits per heavy atom. The average Bonchev–Trinajstić information content (AvgIpc) is 3.62. The van der Waals surface area contributed by atoms with E-state index in [0.29, 0.717) is 19.5 Å². The number of imidazole rings is 1. The Morgan fingerprint density at radius 1 is 1.00 bits per heavy atom. The maximum Gasteiger partial charge on any atom is 0.410 e. The summed E-state index contributed by atoms with van der Waals surface area (Å²) in [7, 11) is 3.64. The van der Waals surface area contributed by atoms with Gasteiger partial charge in [0.25, 0.3) is 0 Å². The van der Waals surface area contributed by atoms with E-state index in [1.54, 1.807) is 33.6 Å². The second kappa shape index (κ2) is 9.07. The second-order valence-corrected chi connectivity index (χ2v) is 11.1. The normalized spacial score (nSPS) is 15.9. The molecular formula is C29H31N7O3. The first-order chi connectivity index (χ1) is 18.6. The smallest absolute Gasteiger partial charge is 0.410 e. The van der Waals surface area contributed by atoms with Crippen LogP contribution in [0.25, 0.3) is 44.3 Å². The van der Waals surface area contributed by atoms with Crippen LogP contribution in [-0.2, 0) is 18.8 Å². The van der Waals surface area contributed by atoms with Gasteiger partial charge in [0, 0.05) is 56.1 Å². The fourth-order valence-corrected chi connectivity index (χ4v) is 5.28. The Kier molecular flexibility index (Phi) is 5.78. The van der Waals surface area contributed by atoms with Gasteiger partial charge in [0.2, 0.25) is 0 Å². The summed E-state index contributed by atoms with van der Waals surface area (Å²) in [5.74, 6) is 0. The number of amides is 1. The molecule has 5 heterocycles. The summed E-state index contributed by atoms with van der Waals surface area (Å²) in [6.07, 6.45) is 7.64. The molecule has 0 aliphatic carbocycles. The molecule has 1 fully saturated rings. The Hall–Kier alpha value is -4.47. The van der Waals surface area contributed by atoms with E-state index in [4.69, 9.17) is 4.74 Å². The number of hydrogen-bond donors (Lipinski definition) is 0. The van der Waals surface area contributed by atoms with Crippen molar-refractivity contribution in [3.8, 4) is 22.4 Å². The maximum absolute atomic E-state index is 13.5. The summed E-state index contributed by atoms with van der Waals surface area (Å²) in [4.78, 5) is 37.2. The molecule has 0 spiro atoms. The van der Waals surface area contributed by atoms with E-state index in [1.807, 2.05) is 69.0 Å². The molecule has 10 nitrogen and oxygen atoms in total. The van der Waals surface area contributed by atoms with Crippen LogP contribution < -0.4 is 5.69 Å². The number of pyridine rings is 2. The summed E-state index contributed by atoms with van der Waals surface area (Å²) < 4.78 is 10.8. The largest absolute Gasteiger partial charge is 0.444 e. The highest BCUT2D eigenvalue weighted by Crippen LogP contribution is 2.32. The van der Waals surface area contributed by atoms with E-state index in [9.17, 15) is 9.59 Å². The number of aryl methyl sites for hydroxylation is 2. The van der Waals surface area contributed by atoms with Crippen molar-refractivity contribution < 1.29 is 9.53 Å². The number of aromatic nitrogens is 6. The molecule has 5 aromatic rings. The van der Waals surface area contributed by atoms with Crippen LogP contribution in [0.3, 0.4) is 0 Å². The average molecular weight is 526 g/mol. The van der Waals surface area contributed by atoms with E-state index in [1.165, 1.54) is 0 Å². The molecule has 0 radical (unpaired) electrons. The molecule has 0 N–H and O–H groups in total. The third kappa shape index (κ3) is 4.45. The first-order valence-electron chi connectivity index (χ1n) is 13.0. The van der Waals surface area contributed by atoms with Crippen molar-refractivity contribution in [3.05, 3.63) is 65.6 Å². The Bertz CT molecular complexity index is 1770. The van der Waals surface area contributed by atoms with E-state index < -0.39 is 5.60 Å². The van der Waals surface area contributed by atoms with Gasteiger partial charge in [-0.05, 0) is 51.0 Å². The predicted molar refractivity (Wildman–Crippen MR) is 149 cm³/mol. The summed E-state index contributed by atoms with van der Waals surface area (Å²) >= 11 is 0. The number of ether oxygens (including phenoxy) is 1. The van der Waals surface area contributed by atoms with Gasteiger partial charge in [0.05, 0.1) is 40.7 Å². The molecule has 4 aromatic heterocycles.